The Labute approximate surface area is 149 Å². The van der Waals surface area contributed by atoms with Crippen LogP contribution in [0.1, 0.15) is 30.4 Å². The van der Waals surface area contributed by atoms with Crippen molar-refractivity contribution in [1.29, 1.82) is 0 Å². The largest absolute Gasteiger partial charge is 0.497 e. The molecule has 0 saturated heterocycles. The topological polar surface area (TPSA) is 50.7 Å². The van der Waals surface area contributed by atoms with Gasteiger partial charge in [-0.1, -0.05) is 30.3 Å². The molecule has 0 radical (unpaired) electrons. The number of ether oxygens (including phenoxy) is 2. The minimum atomic E-state index is -0.515. The van der Waals surface area contributed by atoms with Gasteiger partial charge in [0.25, 0.3) is 0 Å². The highest BCUT2D eigenvalue weighted by atomic mass is 16.5. The van der Waals surface area contributed by atoms with Crippen LogP contribution in [0.25, 0.3) is 0 Å². The summed E-state index contributed by atoms with van der Waals surface area (Å²) in [5.74, 6) is 1.71. The molecule has 0 heterocycles. The van der Waals surface area contributed by atoms with Crippen molar-refractivity contribution in [2.45, 2.75) is 51.0 Å². The zero-order valence-electron chi connectivity index (χ0n) is 14.9. The molecule has 3 rings (SSSR count). The molecule has 0 amide bonds. The van der Waals surface area contributed by atoms with E-state index in [0.717, 1.165) is 41.9 Å². The van der Waals surface area contributed by atoms with Crippen molar-refractivity contribution in [3.63, 3.8) is 0 Å². The third kappa shape index (κ3) is 4.53. The molecule has 1 aliphatic carbocycles. The maximum absolute atomic E-state index is 10.7. The van der Waals surface area contributed by atoms with Gasteiger partial charge in [-0.15, -0.1) is 0 Å². The number of nitrogens with one attached hydrogen (secondary N) is 1. The van der Waals surface area contributed by atoms with Crippen LogP contribution in [0.3, 0.4) is 0 Å². The van der Waals surface area contributed by atoms with E-state index in [1.54, 1.807) is 7.11 Å². The highest BCUT2D eigenvalue weighted by molar-refractivity contribution is 5.32. The molecule has 1 fully saturated rings. The molecule has 134 valence electrons. The Hall–Kier alpha value is -2.04. The normalized spacial score (nSPS) is 23.2. The Balaban J connectivity index is 1.59. The lowest BCUT2D eigenvalue weighted by molar-refractivity contribution is -0.0160. The lowest BCUT2D eigenvalue weighted by atomic mass is 9.89. The lowest BCUT2D eigenvalue weighted by Gasteiger charge is -2.35. The standard InChI is InChI=1S/C21H27NO3/c1-15-7-3-4-11-19(15)25-20-12-6-10-18(21(20)23)22-14-16-8-5-9-17(13-16)24-2/h3-5,7-9,11,13,18,20-23H,6,10,12,14H2,1-2H3/t18-,20+,21+/m0/s1. The Morgan fingerprint density at radius 2 is 1.96 bits per heavy atom. The lowest BCUT2D eigenvalue weighted by Crippen LogP contribution is -2.51. The predicted octanol–water partition coefficient (Wildman–Crippen LogP) is 3.45. The van der Waals surface area contributed by atoms with Gasteiger partial charge in [-0.25, -0.2) is 0 Å². The molecule has 0 unspecified atom stereocenters. The maximum Gasteiger partial charge on any atom is 0.126 e. The average Bonchev–Trinajstić information content (AvgIpc) is 2.64. The van der Waals surface area contributed by atoms with Gasteiger partial charge in [-0.2, -0.15) is 0 Å². The summed E-state index contributed by atoms with van der Waals surface area (Å²) in [5.41, 5.74) is 2.25. The monoisotopic (exact) mass is 341 g/mol. The molecule has 1 saturated carbocycles. The third-order valence-corrected chi connectivity index (χ3v) is 4.87. The molecule has 1 aliphatic rings. The average molecular weight is 341 g/mol. The van der Waals surface area contributed by atoms with Crippen molar-refractivity contribution >= 4 is 0 Å². The van der Waals surface area contributed by atoms with Crippen LogP contribution in [0.15, 0.2) is 48.5 Å². The summed E-state index contributed by atoms with van der Waals surface area (Å²) < 4.78 is 11.4. The van der Waals surface area contributed by atoms with E-state index < -0.39 is 6.10 Å². The van der Waals surface area contributed by atoms with Crippen molar-refractivity contribution < 1.29 is 14.6 Å². The number of aryl methyl sites for hydroxylation is 1. The zero-order chi connectivity index (χ0) is 17.6. The first-order valence-corrected chi connectivity index (χ1v) is 8.94. The highest BCUT2D eigenvalue weighted by Crippen LogP contribution is 2.26. The summed E-state index contributed by atoms with van der Waals surface area (Å²) in [6.45, 7) is 2.74. The Bertz CT molecular complexity index is 688. The Morgan fingerprint density at radius 1 is 1.12 bits per heavy atom. The summed E-state index contributed by atoms with van der Waals surface area (Å²) in [5, 5.41) is 14.2. The molecule has 3 atom stereocenters. The number of para-hydroxylation sites is 1. The third-order valence-electron chi connectivity index (χ3n) is 4.87. The number of hydrogen-bond acceptors (Lipinski definition) is 4. The number of aliphatic hydroxyl groups excluding tert-OH is 1. The van der Waals surface area contributed by atoms with Crippen LogP contribution in [-0.2, 0) is 6.54 Å². The van der Waals surface area contributed by atoms with E-state index in [1.807, 2.05) is 49.4 Å². The molecular formula is C21H27NO3. The number of aliphatic hydroxyl groups is 1. The van der Waals surface area contributed by atoms with Gasteiger partial charge in [0.2, 0.25) is 0 Å². The summed E-state index contributed by atoms with van der Waals surface area (Å²) in [6, 6.07) is 16.0. The molecule has 2 N–H and O–H groups in total. The fourth-order valence-corrected chi connectivity index (χ4v) is 3.37. The first kappa shape index (κ1) is 17.8. The second-order valence-corrected chi connectivity index (χ2v) is 6.68. The number of methoxy groups -OCH3 is 1. The SMILES string of the molecule is COc1cccc(CN[C@H]2CCC[C@@H](Oc3ccccc3C)[C@@H]2O)c1. The number of benzene rings is 2. The molecule has 25 heavy (non-hydrogen) atoms. The fraction of sp³-hybridized carbons (Fsp3) is 0.429. The van der Waals surface area contributed by atoms with E-state index in [2.05, 4.69) is 11.4 Å². The van der Waals surface area contributed by atoms with Gasteiger partial charge < -0.3 is 19.9 Å². The molecule has 2 aromatic rings. The van der Waals surface area contributed by atoms with Crippen LogP contribution in [-0.4, -0.2) is 30.5 Å². The van der Waals surface area contributed by atoms with Gasteiger partial charge in [-0.05, 0) is 55.5 Å². The minimum Gasteiger partial charge on any atom is -0.497 e. The minimum absolute atomic E-state index is 0.0361. The summed E-state index contributed by atoms with van der Waals surface area (Å²) >= 11 is 0. The first-order valence-electron chi connectivity index (χ1n) is 8.94. The van der Waals surface area contributed by atoms with Gasteiger partial charge in [0.15, 0.2) is 0 Å². The van der Waals surface area contributed by atoms with Crippen LogP contribution >= 0.6 is 0 Å². The van der Waals surface area contributed by atoms with Crippen molar-refractivity contribution in [3.05, 3.63) is 59.7 Å². The summed E-state index contributed by atoms with van der Waals surface area (Å²) in [6.07, 6.45) is 2.20. The molecule has 0 aliphatic heterocycles. The van der Waals surface area contributed by atoms with E-state index in [9.17, 15) is 5.11 Å². The van der Waals surface area contributed by atoms with E-state index in [-0.39, 0.29) is 12.1 Å². The van der Waals surface area contributed by atoms with Crippen molar-refractivity contribution in [3.8, 4) is 11.5 Å². The molecule has 2 aromatic carbocycles. The van der Waals surface area contributed by atoms with Crippen LogP contribution < -0.4 is 14.8 Å². The Morgan fingerprint density at radius 3 is 2.76 bits per heavy atom. The quantitative estimate of drug-likeness (QED) is 0.845. The first-order chi connectivity index (χ1) is 12.2. The summed E-state index contributed by atoms with van der Waals surface area (Å²) in [7, 11) is 1.67. The van der Waals surface area contributed by atoms with Gasteiger partial charge >= 0.3 is 0 Å². The Kier molecular flexibility index (Phi) is 5.95. The van der Waals surface area contributed by atoms with Crippen molar-refractivity contribution in [1.82, 2.24) is 5.32 Å². The fourth-order valence-electron chi connectivity index (χ4n) is 3.37. The van der Waals surface area contributed by atoms with E-state index in [0.29, 0.717) is 6.54 Å². The summed E-state index contributed by atoms with van der Waals surface area (Å²) in [4.78, 5) is 0. The van der Waals surface area contributed by atoms with Gasteiger partial charge in [-0.3, -0.25) is 0 Å². The number of hydrogen-bond donors (Lipinski definition) is 2. The second-order valence-electron chi connectivity index (χ2n) is 6.68. The maximum atomic E-state index is 10.7. The van der Waals surface area contributed by atoms with Crippen molar-refractivity contribution in [2.75, 3.05) is 7.11 Å². The molecule has 0 spiro atoms. The molecule has 0 aromatic heterocycles. The van der Waals surface area contributed by atoms with Crippen LogP contribution in [0.2, 0.25) is 0 Å². The van der Waals surface area contributed by atoms with E-state index in [1.165, 1.54) is 0 Å². The van der Waals surface area contributed by atoms with Gasteiger partial charge in [0.05, 0.1) is 7.11 Å². The van der Waals surface area contributed by atoms with E-state index in [4.69, 9.17) is 9.47 Å². The molecule has 4 heteroatoms. The highest BCUT2D eigenvalue weighted by Gasteiger charge is 2.33. The molecule has 4 nitrogen and oxygen atoms in total. The van der Waals surface area contributed by atoms with Crippen LogP contribution in [0.4, 0.5) is 0 Å². The van der Waals surface area contributed by atoms with Gasteiger partial charge in [0, 0.05) is 12.6 Å². The smallest absolute Gasteiger partial charge is 0.126 e. The van der Waals surface area contributed by atoms with Crippen LogP contribution in [0.5, 0.6) is 11.5 Å². The predicted molar refractivity (Wildman–Crippen MR) is 99.1 cm³/mol. The second kappa shape index (κ2) is 8.37. The molecular weight excluding hydrogens is 314 g/mol. The molecule has 0 bridgehead atoms. The van der Waals surface area contributed by atoms with Gasteiger partial charge in [0.1, 0.15) is 23.7 Å². The van der Waals surface area contributed by atoms with Crippen LogP contribution in [0, 0.1) is 6.92 Å². The number of rotatable bonds is 6. The van der Waals surface area contributed by atoms with Crippen molar-refractivity contribution in [2.24, 2.45) is 0 Å². The zero-order valence-corrected chi connectivity index (χ0v) is 14.9. The van der Waals surface area contributed by atoms with E-state index >= 15 is 0 Å².